The van der Waals surface area contributed by atoms with E-state index in [4.69, 9.17) is 10.5 Å². The van der Waals surface area contributed by atoms with Gasteiger partial charge in [-0.15, -0.1) is 12.4 Å². The molecule has 1 aromatic rings. The third kappa shape index (κ3) is 5.80. The number of nitrogens with two attached hydrogens (primary N) is 1. The lowest BCUT2D eigenvalue weighted by Gasteiger charge is -2.22. The van der Waals surface area contributed by atoms with Crippen LogP contribution in [0.3, 0.4) is 0 Å². The van der Waals surface area contributed by atoms with Gasteiger partial charge in [0, 0.05) is 12.6 Å². The largest absolute Gasteiger partial charge is 0.483 e. The maximum atomic E-state index is 11.7. The van der Waals surface area contributed by atoms with Gasteiger partial charge in [-0.2, -0.15) is 0 Å². The SMILES string of the molecule is C[C@@H](CN)NC(=O)COc1ccccc1C(C)(C)C.Cl. The minimum Gasteiger partial charge on any atom is -0.483 e. The molecule has 3 N–H and O–H groups in total. The van der Waals surface area contributed by atoms with Crippen molar-refractivity contribution in [1.82, 2.24) is 5.32 Å². The van der Waals surface area contributed by atoms with Crippen LogP contribution in [0.25, 0.3) is 0 Å². The molecule has 0 unspecified atom stereocenters. The van der Waals surface area contributed by atoms with Crippen LogP contribution >= 0.6 is 12.4 Å². The lowest BCUT2D eigenvalue weighted by atomic mass is 9.86. The Morgan fingerprint density at radius 1 is 1.35 bits per heavy atom. The quantitative estimate of drug-likeness (QED) is 0.876. The molecule has 1 aromatic carbocycles. The van der Waals surface area contributed by atoms with E-state index in [2.05, 4.69) is 26.1 Å². The summed E-state index contributed by atoms with van der Waals surface area (Å²) in [5.74, 6) is 0.604. The third-order valence-corrected chi connectivity index (χ3v) is 2.81. The van der Waals surface area contributed by atoms with Gasteiger partial charge in [0.2, 0.25) is 0 Å². The van der Waals surface area contributed by atoms with Crippen molar-refractivity contribution in [2.45, 2.75) is 39.2 Å². The van der Waals surface area contributed by atoms with Crippen molar-refractivity contribution in [2.75, 3.05) is 13.2 Å². The molecule has 5 heteroatoms. The first kappa shape index (κ1) is 18.7. The van der Waals surface area contributed by atoms with E-state index in [0.29, 0.717) is 6.54 Å². The zero-order valence-corrected chi connectivity index (χ0v) is 13.4. The number of benzene rings is 1. The number of nitrogens with one attached hydrogen (secondary N) is 1. The number of ether oxygens (including phenoxy) is 1. The van der Waals surface area contributed by atoms with E-state index in [-0.39, 0.29) is 36.4 Å². The number of amides is 1. The monoisotopic (exact) mass is 300 g/mol. The van der Waals surface area contributed by atoms with Crippen molar-refractivity contribution >= 4 is 18.3 Å². The van der Waals surface area contributed by atoms with Gasteiger partial charge < -0.3 is 15.8 Å². The molecule has 0 aromatic heterocycles. The predicted molar refractivity (Wildman–Crippen MR) is 84.5 cm³/mol. The Labute approximate surface area is 127 Å². The zero-order valence-electron chi connectivity index (χ0n) is 12.6. The van der Waals surface area contributed by atoms with E-state index in [1.807, 2.05) is 31.2 Å². The fraction of sp³-hybridized carbons (Fsp3) is 0.533. The number of carbonyl (C=O) groups excluding carboxylic acids is 1. The number of para-hydroxylation sites is 1. The lowest BCUT2D eigenvalue weighted by Crippen LogP contribution is -2.40. The van der Waals surface area contributed by atoms with Gasteiger partial charge in [0.15, 0.2) is 6.61 Å². The number of carbonyl (C=O) groups is 1. The Balaban J connectivity index is 0.00000361. The highest BCUT2D eigenvalue weighted by Gasteiger charge is 2.18. The minimum atomic E-state index is -0.151. The average Bonchev–Trinajstić information content (AvgIpc) is 2.35. The molecule has 0 saturated carbocycles. The van der Waals surface area contributed by atoms with Crippen molar-refractivity contribution in [1.29, 1.82) is 0 Å². The van der Waals surface area contributed by atoms with Crippen molar-refractivity contribution in [3.63, 3.8) is 0 Å². The average molecular weight is 301 g/mol. The van der Waals surface area contributed by atoms with Crippen molar-refractivity contribution < 1.29 is 9.53 Å². The summed E-state index contributed by atoms with van der Waals surface area (Å²) >= 11 is 0. The van der Waals surface area contributed by atoms with E-state index in [1.165, 1.54) is 0 Å². The van der Waals surface area contributed by atoms with Gasteiger partial charge in [-0.1, -0.05) is 39.0 Å². The van der Waals surface area contributed by atoms with Crippen LogP contribution in [0.1, 0.15) is 33.3 Å². The van der Waals surface area contributed by atoms with Gasteiger partial charge in [-0.3, -0.25) is 4.79 Å². The number of hydrogen-bond acceptors (Lipinski definition) is 3. The third-order valence-electron chi connectivity index (χ3n) is 2.81. The summed E-state index contributed by atoms with van der Waals surface area (Å²) in [4.78, 5) is 11.7. The van der Waals surface area contributed by atoms with Crippen molar-refractivity contribution in [3.8, 4) is 5.75 Å². The Bertz CT molecular complexity index is 430. The van der Waals surface area contributed by atoms with Crippen LogP contribution in [-0.4, -0.2) is 25.1 Å². The van der Waals surface area contributed by atoms with Crippen LogP contribution in [0.4, 0.5) is 0 Å². The molecular weight excluding hydrogens is 276 g/mol. The maximum absolute atomic E-state index is 11.7. The molecule has 114 valence electrons. The first-order chi connectivity index (χ1) is 8.84. The fourth-order valence-corrected chi connectivity index (χ4v) is 1.73. The maximum Gasteiger partial charge on any atom is 0.258 e. The van der Waals surface area contributed by atoms with Crippen molar-refractivity contribution in [3.05, 3.63) is 29.8 Å². The first-order valence-corrected chi connectivity index (χ1v) is 6.56. The topological polar surface area (TPSA) is 64.3 Å². The Morgan fingerprint density at radius 2 is 1.95 bits per heavy atom. The highest BCUT2D eigenvalue weighted by Crippen LogP contribution is 2.30. The predicted octanol–water partition coefficient (Wildman–Crippen LogP) is 2.25. The molecule has 0 radical (unpaired) electrons. The molecule has 1 atom stereocenters. The molecule has 0 aliphatic carbocycles. The number of rotatable bonds is 5. The van der Waals surface area contributed by atoms with Gasteiger partial charge >= 0.3 is 0 Å². The zero-order chi connectivity index (χ0) is 14.5. The molecule has 0 heterocycles. The number of halogens is 1. The van der Waals surface area contributed by atoms with E-state index >= 15 is 0 Å². The van der Waals surface area contributed by atoms with Crippen LogP contribution < -0.4 is 15.8 Å². The van der Waals surface area contributed by atoms with E-state index < -0.39 is 0 Å². The van der Waals surface area contributed by atoms with Crippen LogP contribution in [0, 0.1) is 0 Å². The second-order valence-electron chi connectivity index (χ2n) is 5.74. The Hall–Kier alpha value is -1.26. The fourth-order valence-electron chi connectivity index (χ4n) is 1.73. The Morgan fingerprint density at radius 3 is 2.50 bits per heavy atom. The van der Waals surface area contributed by atoms with E-state index in [1.54, 1.807) is 0 Å². The molecule has 0 spiro atoms. The summed E-state index contributed by atoms with van der Waals surface area (Å²) in [6.07, 6.45) is 0. The van der Waals surface area contributed by atoms with Crippen LogP contribution in [0.5, 0.6) is 5.75 Å². The first-order valence-electron chi connectivity index (χ1n) is 6.56. The molecule has 4 nitrogen and oxygen atoms in total. The summed E-state index contributed by atoms with van der Waals surface area (Å²) in [7, 11) is 0. The van der Waals surface area contributed by atoms with E-state index in [9.17, 15) is 4.79 Å². The lowest BCUT2D eigenvalue weighted by molar-refractivity contribution is -0.123. The number of hydrogen-bond donors (Lipinski definition) is 2. The van der Waals surface area contributed by atoms with Gasteiger partial charge in [-0.25, -0.2) is 0 Å². The second kappa shape index (κ2) is 8.12. The summed E-state index contributed by atoms with van der Waals surface area (Å²) in [6, 6.07) is 7.76. The van der Waals surface area contributed by atoms with E-state index in [0.717, 1.165) is 11.3 Å². The standard InChI is InChI=1S/C15H24N2O2.ClH/c1-11(9-16)17-14(18)10-19-13-8-6-5-7-12(13)15(2,3)4;/h5-8,11H,9-10,16H2,1-4H3,(H,17,18);1H/t11-;/m0./s1. The molecule has 1 rings (SSSR count). The molecule has 0 saturated heterocycles. The van der Waals surface area contributed by atoms with Crippen LogP contribution in [0.15, 0.2) is 24.3 Å². The molecule has 0 aliphatic rings. The van der Waals surface area contributed by atoms with Crippen molar-refractivity contribution in [2.24, 2.45) is 5.73 Å². The summed E-state index contributed by atoms with van der Waals surface area (Å²) in [5.41, 5.74) is 6.53. The van der Waals surface area contributed by atoms with Crippen LogP contribution in [0.2, 0.25) is 0 Å². The Kier molecular flexibility index (Phi) is 7.61. The molecule has 20 heavy (non-hydrogen) atoms. The second-order valence-corrected chi connectivity index (χ2v) is 5.74. The highest BCUT2D eigenvalue weighted by molar-refractivity contribution is 5.85. The summed E-state index contributed by atoms with van der Waals surface area (Å²) in [5, 5.41) is 2.77. The normalized spacial score (nSPS) is 12.2. The highest BCUT2D eigenvalue weighted by atomic mass is 35.5. The van der Waals surface area contributed by atoms with Crippen LogP contribution in [-0.2, 0) is 10.2 Å². The molecule has 0 aliphatic heterocycles. The van der Waals surface area contributed by atoms with Gasteiger partial charge in [-0.05, 0) is 24.0 Å². The van der Waals surface area contributed by atoms with Gasteiger partial charge in [0.05, 0.1) is 0 Å². The summed E-state index contributed by atoms with van der Waals surface area (Å²) < 4.78 is 5.62. The molecule has 0 fully saturated rings. The molecule has 1 amide bonds. The summed E-state index contributed by atoms with van der Waals surface area (Å²) in [6.45, 7) is 8.64. The van der Waals surface area contributed by atoms with Gasteiger partial charge in [0.25, 0.3) is 5.91 Å². The molecular formula is C15H25ClN2O2. The minimum absolute atomic E-state index is 0. The smallest absolute Gasteiger partial charge is 0.258 e. The molecule has 0 bridgehead atoms. The van der Waals surface area contributed by atoms with Gasteiger partial charge in [0.1, 0.15) is 5.75 Å².